The van der Waals surface area contributed by atoms with Crippen LogP contribution in [0.3, 0.4) is 0 Å². The number of hydrogen-bond donors (Lipinski definition) is 1. The Bertz CT molecular complexity index is 366. The molecule has 3 heteroatoms. The summed E-state index contributed by atoms with van der Waals surface area (Å²) in [7, 11) is 0. The normalized spacial score (nSPS) is 9.38. The Kier molecular flexibility index (Phi) is 6.05. The van der Waals surface area contributed by atoms with E-state index in [-0.39, 0.29) is 0 Å². The van der Waals surface area contributed by atoms with Crippen molar-refractivity contribution >= 4 is 0 Å². The molecule has 1 aromatic rings. The predicted molar refractivity (Wildman–Crippen MR) is 65.4 cm³/mol. The van der Waals surface area contributed by atoms with E-state index in [9.17, 15) is 0 Å². The second-order valence-corrected chi connectivity index (χ2v) is 3.34. The summed E-state index contributed by atoms with van der Waals surface area (Å²) in [5.74, 6) is 6.86. The molecule has 0 fully saturated rings. The first-order chi connectivity index (χ1) is 7.86. The van der Waals surface area contributed by atoms with Crippen LogP contribution in [0.15, 0.2) is 18.5 Å². The van der Waals surface area contributed by atoms with Gasteiger partial charge in [0.05, 0.1) is 19.3 Å². The van der Waals surface area contributed by atoms with Crippen LogP contribution in [-0.4, -0.2) is 24.7 Å². The van der Waals surface area contributed by atoms with Gasteiger partial charge in [-0.15, -0.1) is 0 Å². The summed E-state index contributed by atoms with van der Waals surface area (Å²) in [4.78, 5) is 4.09. The van der Waals surface area contributed by atoms with Crippen molar-refractivity contribution in [3.63, 3.8) is 0 Å². The lowest BCUT2D eigenvalue weighted by atomic mass is 10.3. The maximum atomic E-state index is 5.48. The molecule has 1 aromatic heterocycles. The lowest BCUT2D eigenvalue weighted by Crippen LogP contribution is -2.11. The highest BCUT2D eigenvalue weighted by atomic mass is 16.5. The summed E-state index contributed by atoms with van der Waals surface area (Å²) in [6, 6.07) is 1.92. The summed E-state index contributed by atoms with van der Waals surface area (Å²) < 4.78 is 5.48. The lowest BCUT2D eigenvalue weighted by Gasteiger charge is -2.03. The van der Waals surface area contributed by atoms with Crippen LogP contribution in [0.25, 0.3) is 0 Å². The van der Waals surface area contributed by atoms with E-state index in [4.69, 9.17) is 4.74 Å². The van der Waals surface area contributed by atoms with Gasteiger partial charge in [0.1, 0.15) is 5.75 Å². The fourth-order valence-corrected chi connectivity index (χ4v) is 1.12. The number of nitrogens with one attached hydrogen (secondary N) is 1. The van der Waals surface area contributed by atoms with Gasteiger partial charge in [-0.3, -0.25) is 4.98 Å². The third-order valence-corrected chi connectivity index (χ3v) is 1.88. The second-order valence-electron chi connectivity index (χ2n) is 3.34. The van der Waals surface area contributed by atoms with Crippen molar-refractivity contribution in [2.24, 2.45) is 0 Å². The van der Waals surface area contributed by atoms with Gasteiger partial charge in [0.15, 0.2) is 0 Å². The fraction of sp³-hybridized carbons (Fsp3) is 0.462. The minimum Gasteiger partial charge on any atom is -0.492 e. The maximum absolute atomic E-state index is 5.48. The zero-order chi connectivity index (χ0) is 11.6. The molecule has 0 bridgehead atoms. The molecular weight excluding hydrogens is 200 g/mol. The molecular formula is C13H18N2O. The van der Waals surface area contributed by atoms with Crippen molar-refractivity contribution in [3.05, 3.63) is 24.0 Å². The molecule has 0 aliphatic carbocycles. The van der Waals surface area contributed by atoms with E-state index >= 15 is 0 Å². The van der Waals surface area contributed by atoms with Crippen LogP contribution in [-0.2, 0) is 0 Å². The summed E-state index contributed by atoms with van der Waals surface area (Å²) >= 11 is 0. The van der Waals surface area contributed by atoms with Crippen LogP contribution in [0.1, 0.15) is 25.8 Å². The van der Waals surface area contributed by atoms with Gasteiger partial charge in [0.25, 0.3) is 0 Å². The predicted octanol–water partition coefficient (Wildman–Crippen LogP) is 1.83. The highest BCUT2D eigenvalue weighted by molar-refractivity contribution is 5.36. The van der Waals surface area contributed by atoms with Gasteiger partial charge < -0.3 is 10.1 Å². The number of pyridine rings is 1. The van der Waals surface area contributed by atoms with E-state index in [0.717, 1.165) is 30.9 Å². The van der Waals surface area contributed by atoms with Gasteiger partial charge >= 0.3 is 0 Å². The first-order valence-corrected chi connectivity index (χ1v) is 5.64. The summed E-state index contributed by atoms with van der Waals surface area (Å²) in [6.07, 6.45) is 4.46. The van der Waals surface area contributed by atoms with E-state index in [0.29, 0.717) is 6.54 Å². The topological polar surface area (TPSA) is 34.1 Å². The maximum Gasteiger partial charge on any atom is 0.138 e. The van der Waals surface area contributed by atoms with Gasteiger partial charge in [-0.25, -0.2) is 0 Å². The third-order valence-electron chi connectivity index (χ3n) is 1.88. The number of hydrogen-bond acceptors (Lipinski definition) is 3. The smallest absolute Gasteiger partial charge is 0.138 e. The first-order valence-electron chi connectivity index (χ1n) is 5.64. The zero-order valence-electron chi connectivity index (χ0n) is 9.92. The van der Waals surface area contributed by atoms with Crippen LogP contribution >= 0.6 is 0 Å². The summed E-state index contributed by atoms with van der Waals surface area (Å²) in [5.41, 5.74) is 0.895. The molecule has 0 saturated carbocycles. The van der Waals surface area contributed by atoms with Crippen LogP contribution < -0.4 is 10.1 Å². The molecule has 1 rings (SSSR count). The van der Waals surface area contributed by atoms with Crippen molar-refractivity contribution in [1.29, 1.82) is 0 Å². The molecule has 0 aromatic carbocycles. The Balaban J connectivity index is 2.55. The van der Waals surface area contributed by atoms with Crippen molar-refractivity contribution in [1.82, 2.24) is 10.3 Å². The fourth-order valence-electron chi connectivity index (χ4n) is 1.12. The Morgan fingerprint density at radius 3 is 3.00 bits per heavy atom. The quantitative estimate of drug-likeness (QED) is 0.605. The van der Waals surface area contributed by atoms with E-state index < -0.39 is 0 Å². The minimum absolute atomic E-state index is 0.705. The molecule has 1 heterocycles. The molecule has 0 aliphatic heterocycles. The largest absolute Gasteiger partial charge is 0.492 e. The molecule has 3 nitrogen and oxygen atoms in total. The number of rotatable bonds is 5. The zero-order valence-corrected chi connectivity index (χ0v) is 9.92. The van der Waals surface area contributed by atoms with Gasteiger partial charge in [-0.1, -0.05) is 25.7 Å². The monoisotopic (exact) mass is 218 g/mol. The molecule has 0 aliphatic rings. The first kappa shape index (κ1) is 12.5. The Labute approximate surface area is 97.2 Å². The molecule has 0 unspecified atom stereocenters. The molecule has 0 amide bonds. The van der Waals surface area contributed by atoms with Gasteiger partial charge in [0.2, 0.25) is 0 Å². The molecule has 0 atom stereocenters. The van der Waals surface area contributed by atoms with Crippen molar-refractivity contribution in [2.75, 3.05) is 19.7 Å². The Morgan fingerprint density at radius 1 is 1.38 bits per heavy atom. The molecule has 0 spiro atoms. The van der Waals surface area contributed by atoms with E-state index in [1.807, 2.05) is 6.07 Å². The molecule has 0 radical (unpaired) electrons. The lowest BCUT2D eigenvalue weighted by molar-refractivity contribution is 0.316. The average Bonchev–Trinajstić information content (AvgIpc) is 2.33. The Morgan fingerprint density at radius 2 is 2.25 bits per heavy atom. The van der Waals surface area contributed by atoms with E-state index in [2.05, 4.69) is 36.0 Å². The highest BCUT2D eigenvalue weighted by Gasteiger charge is 1.94. The second kappa shape index (κ2) is 7.72. The molecule has 1 N–H and O–H groups in total. The van der Waals surface area contributed by atoms with Gasteiger partial charge in [0, 0.05) is 11.8 Å². The molecule has 0 saturated heterocycles. The van der Waals surface area contributed by atoms with E-state index in [1.54, 1.807) is 12.4 Å². The standard InChI is InChI=1S/C13H18N2O/c1-3-8-16-13-9-12(10-15-11-13)6-5-7-14-4-2/h9-11,14H,3-4,7-8H2,1-2H3. The van der Waals surface area contributed by atoms with Crippen molar-refractivity contribution in [3.8, 4) is 17.6 Å². The van der Waals surface area contributed by atoms with Gasteiger partial charge in [-0.2, -0.15) is 0 Å². The average molecular weight is 218 g/mol. The van der Waals surface area contributed by atoms with Crippen LogP contribution in [0.5, 0.6) is 5.75 Å². The Hall–Kier alpha value is -1.53. The third kappa shape index (κ3) is 4.81. The molecule has 86 valence electrons. The number of ether oxygens (including phenoxy) is 1. The number of nitrogens with zero attached hydrogens (tertiary/aromatic N) is 1. The molecule has 16 heavy (non-hydrogen) atoms. The van der Waals surface area contributed by atoms with Crippen molar-refractivity contribution < 1.29 is 4.74 Å². The highest BCUT2D eigenvalue weighted by Crippen LogP contribution is 2.10. The van der Waals surface area contributed by atoms with Crippen LogP contribution in [0, 0.1) is 11.8 Å². The number of aromatic nitrogens is 1. The van der Waals surface area contributed by atoms with Crippen LogP contribution in [0.4, 0.5) is 0 Å². The SMILES string of the molecule is CCCOc1cncc(C#CCNCC)c1. The van der Waals surface area contributed by atoms with Crippen LogP contribution in [0.2, 0.25) is 0 Å². The summed E-state index contributed by atoms with van der Waals surface area (Å²) in [5, 5.41) is 3.14. The summed E-state index contributed by atoms with van der Waals surface area (Å²) in [6.45, 7) is 6.50. The minimum atomic E-state index is 0.705. The van der Waals surface area contributed by atoms with Gasteiger partial charge in [-0.05, 0) is 19.0 Å². The van der Waals surface area contributed by atoms with E-state index in [1.165, 1.54) is 0 Å². The van der Waals surface area contributed by atoms with Crippen molar-refractivity contribution in [2.45, 2.75) is 20.3 Å².